The number of urea groups is 1. The predicted molar refractivity (Wildman–Crippen MR) is 132 cm³/mol. The zero-order valence-electron chi connectivity index (χ0n) is 19.0. The molecular formula is C27H25ClFN3O2. The summed E-state index contributed by atoms with van der Waals surface area (Å²) in [5.41, 5.74) is 4.07. The number of nitrogens with one attached hydrogen (secondary N) is 1. The van der Waals surface area contributed by atoms with Crippen molar-refractivity contribution in [2.45, 2.75) is 38.2 Å². The molecule has 2 aliphatic rings. The molecule has 5 rings (SSSR count). The molecule has 34 heavy (non-hydrogen) atoms. The molecule has 174 valence electrons. The molecule has 5 nitrogen and oxygen atoms in total. The minimum absolute atomic E-state index is 0.185. The molecular weight excluding hydrogens is 453 g/mol. The third kappa shape index (κ3) is 4.64. The van der Waals surface area contributed by atoms with Crippen molar-refractivity contribution in [3.05, 3.63) is 94.3 Å². The lowest BCUT2D eigenvalue weighted by molar-refractivity contribution is 0.0847. The number of carbonyl (C=O) groups is 1. The van der Waals surface area contributed by atoms with Crippen LogP contribution in [0.3, 0.4) is 0 Å². The van der Waals surface area contributed by atoms with Gasteiger partial charge in [0.2, 0.25) is 0 Å². The number of hydrogen-bond donors (Lipinski definition) is 1. The van der Waals surface area contributed by atoms with Crippen LogP contribution in [0, 0.1) is 5.82 Å². The van der Waals surface area contributed by atoms with Gasteiger partial charge in [-0.05, 0) is 85.8 Å². The monoisotopic (exact) mass is 477 g/mol. The summed E-state index contributed by atoms with van der Waals surface area (Å²) in [5.74, 6) is 0.364. The van der Waals surface area contributed by atoms with Crippen LogP contribution in [0.25, 0.3) is 0 Å². The molecule has 0 aliphatic carbocycles. The fourth-order valence-electron chi connectivity index (χ4n) is 4.39. The van der Waals surface area contributed by atoms with Crippen molar-refractivity contribution in [3.8, 4) is 5.75 Å². The minimum Gasteiger partial charge on any atom is -0.488 e. The van der Waals surface area contributed by atoms with E-state index < -0.39 is 0 Å². The van der Waals surface area contributed by atoms with Crippen LogP contribution in [0.4, 0.5) is 14.9 Å². The third-order valence-corrected chi connectivity index (χ3v) is 6.51. The molecule has 0 spiro atoms. The second-order valence-corrected chi connectivity index (χ2v) is 9.73. The number of rotatable bonds is 3. The molecule has 0 aromatic heterocycles. The lowest BCUT2D eigenvalue weighted by atomic mass is 9.90. The van der Waals surface area contributed by atoms with Gasteiger partial charge in [-0.2, -0.15) is 5.10 Å². The van der Waals surface area contributed by atoms with E-state index in [0.29, 0.717) is 17.3 Å². The number of nitrogens with zero attached hydrogens (tertiary/aromatic N) is 2. The van der Waals surface area contributed by atoms with Gasteiger partial charge >= 0.3 is 6.03 Å². The average molecular weight is 478 g/mol. The van der Waals surface area contributed by atoms with E-state index in [1.807, 2.05) is 30.3 Å². The molecule has 7 heteroatoms. The number of halogens is 2. The van der Waals surface area contributed by atoms with Gasteiger partial charge in [0.05, 0.1) is 12.3 Å². The van der Waals surface area contributed by atoms with Crippen LogP contribution in [-0.4, -0.2) is 28.9 Å². The van der Waals surface area contributed by atoms with Crippen molar-refractivity contribution >= 4 is 29.0 Å². The third-order valence-electron chi connectivity index (χ3n) is 6.26. The Kier molecular flexibility index (Phi) is 5.78. The van der Waals surface area contributed by atoms with Gasteiger partial charge in [0, 0.05) is 16.6 Å². The highest BCUT2D eigenvalue weighted by Gasteiger charge is 2.33. The maximum absolute atomic E-state index is 13.5. The van der Waals surface area contributed by atoms with Crippen LogP contribution < -0.4 is 10.1 Å². The smallest absolute Gasteiger partial charge is 0.342 e. The summed E-state index contributed by atoms with van der Waals surface area (Å²) in [6, 6.07) is 19.0. The van der Waals surface area contributed by atoms with Gasteiger partial charge in [-0.1, -0.05) is 35.9 Å². The molecule has 2 aliphatic heterocycles. The lowest BCUT2D eigenvalue weighted by Gasteiger charge is -2.32. The first-order valence-corrected chi connectivity index (χ1v) is 11.7. The standard InChI is InChI=1S/C27H25ClFN3O2/c1-27(2)14-13-19-15-22(11-12-24(19)34-27)30-26(33)32-16-23(17-5-9-21(29)10-6-17)25(31-32)18-3-7-20(28)8-4-18/h3-12,15,23H,13-14,16H2,1-2H3,(H,30,33). The number of hydrazone groups is 1. The number of aryl methyl sites for hydroxylation is 1. The molecule has 3 aromatic carbocycles. The Balaban J connectivity index is 1.39. The Morgan fingerprint density at radius 1 is 1.12 bits per heavy atom. The largest absolute Gasteiger partial charge is 0.488 e. The maximum atomic E-state index is 13.5. The Morgan fingerprint density at radius 3 is 2.59 bits per heavy atom. The van der Waals surface area contributed by atoms with Crippen molar-refractivity contribution in [1.29, 1.82) is 0 Å². The van der Waals surface area contributed by atoms with E-state index in [4.69, 9.17) is 16.3 Å². The van der Waals surface area contributed by atoms with Crippen molar-refractivity contribution in [3.63, 3.8) is 0 Å². The molecule has 2 heterocycles. The molecule has 0 saturated heterocycles. The maximum Gasteiger partial charge on any atom is 0.342 e. The highest BCUT2D eigenvalue weighted by Crippen LogP contribution is 2.35. The van der Waals surface area contributed by atoms with E-state index in [9.17, 15) is 9.18 Å². The zero-order valence-corrected chi connectivity index (χ0v) is 19.8. The molecule has 1 N–H and O–H groups in total. The second-order valence-electron chi connectivity index (χ2n) is 9.29. The van der Waals surface area contributed by atoms with E-state index in [0.717, 1.165) is 41.0 Å². The predicted octanol–water partition coefficient (Wildman–Crippen LogP) is 6.62. The van der Waals surface area contributed by atoms with E-state index in [1.165, 1.54) is 17.1 Å². The molecule has 3 aromatic rings. The summed E-state index contributed by atoms with van der Waals surface area (Å²) in [4.78, 5) is 13.1. The molecule has 0 bridgehead atoms. The Morgan fingerprint density at radius 2 is 1.85 bits per heavy atom. The van der Waals surface area contributed by atoms with Gasteiger partial charge in [-0.15, -0.1) is 0 Å². The zero-order chi connectivity index (χ0) is 23.9. The molecule has 0 fully saturated rings. The summed E-state index contributed by atoms with van der Waals surface area (Å²) in [7, 11) is 0. The van der Waals surface area contributed by atoms with Crippen LogP contribution in [0.2, 0.25) is 5.02 Å². The van der Waals surface area contributed by atoms with Crippen LogP contribution in [0.15, 0.2) is 71.8 Å². The number of ether oxygens (including phenoxy) is 1. The van der Waals surface area contributed by atoms with Crippen molar-refractivity contribution in [2.75, 3.05) is 11.9 Å². The van der Waals surface area contributed by atoms with Crippen molar-refractivity contribution in [1.82, 2.24) is 5.01 Å². The Bertz CT molecular complexity index is 1260. The fraction of sp³-hybridized carbons (Fsp3) is 0.259. The number of anilines is 1. The number of carbonyl (C=O) groups excluding carboxylic acids is 1. The van der Waals surface area contributed by atoms with Gasteiger partial charge in [0.25, 0.3) is 0 Å². The molecule has 2 amide bonds. The molecule has 1 atom stereocenters. The Labute approximate surface area is 203 Å². The molecule has 0 radical (unpaired) electrons. The Hall–Kier alpha value is -3.38. The molecule has 1 unspecified atom stereocenters. The highest BCUT2D eigenvalue weighted by atomic mass is 35.5. The lowest BCUT2D eigenvalue weighted by Crippen LogP contribution is -2.33. The van der Waals surface area contributed by atoms with Gasteiger partial charge in [0.15, 0.2) is 0 Å². The second kappa shape index (κ2) is 8.76. The topological polar surface area (TPSA) is 53.9 Å². The van der Waals surface area contributed by atoms with Crippen molar-refractivity contribution < 1.29 is 13.9 Å². The summed E-state index contributed by atoms with van der Waals surface area (Å²) < 4.78 is 19.6. The first kappa shape index (κ1) is 22.4. The number of fused-ring (bicyclic) bond motifs is 1. The van der Waals surface area contributed by atoms with Crippen molar-refractivity contribution in [2.24, 2.45) is 5.10 Å². The quantitative estimate of drug-likeness (QED) is 0.461. The van der Waals surface area contributed by atoms with Gasteiger partial charge in [-0.25, -0.2) is 14.2 Å². The van der Waals surface area contributed by atoms with E-state index in [-0.39, 0.29) is 23.4 Å². The highest BCUT2D eigenvalue weighted by molar-refractivity contribution is 6.30. The van der Waals surface area contributed by atoms with E-state index in [2.05, 4.69) is 24.3 Å². The minimum atomic E-state index is -0.326. The number of hydrogen-bond acceptors (Lipinski definition) is 3. The summed E-state index contributed by atoms with van der Waals surface area (Å²) in [6.45, 7) is 4.50. The van der Waals surface area contributed by atoms with Crippen LogP contribution in [0.1, 0.15) is 42.9 Å². The fourth-order valence-corrected chi connectivity index (χ4v) is 4.52. The number of amides is 2. The summed E-state index contributed by atoms with van der Waals surface area (Å²) >= 11 is 6.06. The van der Waals surface area contributed by atoms with Crippen LogP contribution in [0.5, 0.6) is 5.75 Å². The van der Waals surface area contributed by atoms with Gasteiger partial charge < -0.3 is 10.1 Å². The van der Waals surface area contributed by atoms with Gasteiger partial charge in [-0.3, -0.25) is 0 Å². The first-order chi connectivity index (χ1) is 16.3. The first-order valence-electron chi connectivity index (χ1n) is 11.3. The average Bonchev–Trinajstić information content (AvgIpc) is 3.25. The van der Waals surface area contributed by atoms with Gasteiger partial charge in [0.1, 0.15) is 17.2 Å². The molecule has 0 saturated carbocycles. The summed E-state index contributed by atoms with van der Waals surface area (Å²) in [5, 5.41) is 9.66. The number of benzene rings is 3. The normalized spacial score (nSPS) is 18.6. The van der Waals surface area contributed by atoms with Crippen LogP contribution in [-0.2, 0) is 6.42 Å². The van der Waals surface area contributed by atoms with Crippen LogP contribution >= 0.6 is 11.6 Å². The SMILES string of the molecule is CC1(C)CCc2cc(NC(=O)N3CC(c4ccc(F)cc4)C(c4ccc(Cl)cc4)=N3)ccc2O1. The van der Waals surface area contributed by atoms with E-state index >= 15 is 0 Å². The summed E-state index contributed by atoms with van der Waals surface area (Å²) in [6.07, 6.45) is 1.80. The van der Waals surface area contributed by atoms with E-state index in [1.54, 1.807) is 24.3 Å².